The number of nitrogen functional groups attached to an aromatic ring is 2. The molecule has 6 N–H and O–H groups in total. The zero-order valence-corrected chi connectivity index (χ0v) is 9.49. The highest BCUT2D eigenvalue weighted by Gasteiger charge is 2.03. The molecule has 2 heterocycles. The third-order valence-corrected chi connectivity index (χ3v) is 2.71. The first-order chi connectivity index (χ1) is 8.17. The molecule has 8 heteroatoms. The van der Waals surface area contributed by atoms with Gasteiger partial charge in [-0.1, -0.05) is 11.8 Å². The summed E-state index contributed by atoms with van der Waals surface area (Å²) in [6.45, 7) is 0. The van der Waals surface area contributed by atoms with Crippen molar-refractivity contribution in [2.75, 3.05) is 11.2 Å². The minimum Gasteiger partial charge on any atom is -0.383 e. The minimum atomic E-state index is -0.286. The van der Waals surface area contributed by atoms with E-state index in [2.05, 4.69) is 20.4 Å². The molecule has 2 rings (SSSR count). The number of pyridine rings is 1. The summed E-state index contributed by atoms with van der Waals surface area (Å²) in [4.78, 5) is 22.6. The Morgan fingerprint density at radius 2 is 2.24 bits per heavy atom. The summed E-state index contributed by atoms with van der Waals surface area (Å²) >= 11 is 1.26. The van der Waals surface area contributed by atoms with Crippen LogP contribution in [0.4, 0.5) is 11.6 Å². The lowest BCUT2D eigenvalue weighted by Gasteiger charge is -2.03. The van der Waals surface area contributed by atoms with Crippen LogP contribution in [0.25, 0.3) is 0 Å². The van der Waals surface area contributed by atoms with Crippen LogP contribution in [0.1, 0.15) is 0 Å². The summed E-state index contributed by atoms with van der Waals surface area (Å²) in [5, 5.41) is 0.421. The molecule has 17 heavy (non-hydrogen) atoms. The van der Waals surface area contributed by atoms with Gasteiger partial charge in [-0.05, 0) is 12.1 Å². The number of hydrogen-bond donors (Lipinski definition) is 4. The van der Waals surface area contributed by atoms with E-state index in [1.165, 1.54) is 17.8 Å². The van der Waals surface area contributed by atoms with Crippen LogP contribution in [0.3, 0.4) is 0 Å². The van der Waals surface area contributed by atoms with E-state index in [0.717, 1.165) is 4.90 Å². The number of anilines is 2. The molecule has 0 saturated carbocycles. The smallest absolute Gasteiger partial charge is 0.253 e. The second-order valence-electron chi connectivity index (χ2n) is 3.10. The molecule has 7 nitrogen and oxygen atoms in total. The third kappa shape index (κ3) is 2.95. The maximum atomic E-state index is 11.2. The molecule has 0 amide bonds. The van der Waals surface area contributed by atoms with Crippen LogP contribution < -0.4 is 22.6 Å². The molecule has 0 atom stereocenters. The van der Waals surface area contributed by atoms with Crippen molar-refractivity contribution in [1.29, 1.82) is 0 Å². The van der Waals surface area contributed by atoms with Gasteiger partial charge >= 0.3 is 0 Å². The highest BCUT2D eigenvalue weighted by atomic mass is 32.2. The molecule has 2 aromatic rings. The number of aromatic nitrogens is 3. The maximum absolute atomic E-state index is 11.2. The highest BCUT2D eigenvalue weighted by molar-refractivity contribution is 7.99. The first-order valence-electron chi connectivity index (χ1n) is 4.65. The van der Waals surface area contributed by atoms with Crippen molar-refractivity contribution in [3.05, 3.63) is 34.7 Å². The van der Waals surface area contributed by atoms with Gasteiger partial charge in [0.1, 0.15) is 11.6 Å². The van der Waals surface area contributed by atoms with Crippen molar-refractivity contribution in [2.24, 2.45) is 5.84 Å². The van der Waals surface area contributed by atoms with E-state index in [1.54, 1.807) is 18.3 Å². The van der Waals surface area contributed by atoms with E-state index in [1.807, 2.05) is 0 Å². The van der Waals surface area contributed by atoms with E-state index in [9.17, 15) is 4.79 Å². The number of rotatable bonds is 3. The molecule has 0 aromatic carbocycles. The van der Waals surface area contributed by atoms with Gasteiger partial charge in [0.05, 0.1) is 0 Å². The fourth-order valence-electron chi connectivity index (χ4n) is 1.17. The lowest BCUT2D eigenvalue weighted by atomic mass is 10.5. The number of H-pyrrole nitrogens is 1. The molecule has 0 saturated heterocycles. The summed E-state index contributed by atoms with van der Waals surface area (Å²) < 4.78 is 0. The SMILES string of the molecule is NNc1cc(Sc2nc(N)cc(=O)[nH]2)ccn1. The average molecular weight is 250 g/mol. The number of hydrazine groups is 1. The first-order valence-corrected chi connectivity index (χ1v) is 5.46. The minimum absolute atomic E-state index is 0.183. The number of nitrogens with two attached hydrogens (primary N) is 2. The van der Waals surface area contributed by atoms with E-state index in [0.29, 0.717) is 11.0 Å². The van der Waals surface area contributed by atoms with Crippen LogP contribution in [0.2, 0.25) is 0 Å². The fraction of sp³-hybridized carbons (Fsp3) is 0. The Kier molecular flexibility index (Phi) is 3.26. The molecule has 0 fully saturated rings. The Hall–Kier alpha value is -2.06. The summed E-state index contributed by atoms with van der Waals surface area (Å²) in [7, 11) is 0. The Balaban J connectivity index is 2.27. The van der Waals surface area contributed by atoms with Crippen molar-refractivity contribution in [3.63, 3.8) is 0 Å². The second-order valence-corrected chi connectivity index (χ2v) is 4.16. The second kappa shape index (κ2) is 4.85. The predicted octanol–water partition coefficient (Wildman–Crippen LogP) is 0.184. The summed E-state index contributed by atoms with van der Waals surface area (Å²) in [5.74, 6) is 5.96. The number of hydrogen-bond acceptors (Lipinski definition) is 7. The quantitative estimate of drug-likeness (QED) is 0.348. The van der Waals surface area contributed by atoms with Gasteiger partial charge in [-0.2, -0.15) is 0 Å². The molecule has 0 spiro atoms. The van der Waals surface area contributed by atoms with E-state index in [-0.39, 0.29) is 11.4 Å². The van der Waals surface area contributed by atoms with Gasteiger partial charge in [-0.25, -0.2) is 15.8 Å². The van der Waals surface area contributed by atoms with Gasteiger partial charge in [0.25, 0.3) is 5.56 Å². The number of nitrogens with zero attached hydrogens (tertiary/aromatic N) is 2. The maximum Gasteiger partial charge on any atom is 0.253 e. The fourth-order valence-corrected chi connectivity index (χ4v) is 1.99. The number of nitrogens with one attached hydrogen (secondary N) is 2. The monoisotopic (exact) mass is 250 g/mol. The van der Waals surface area contributed by atoms with Crippen LogP contribution in [-0.4, -0.2) is 15.0 Å². The molecule has 0 aliphatic rings. The summed E-state index contributed by atoms with van der Waals surface area (Å²) in [6, 6.07) is 4.73. The van der Waals surface area contributed by atoms with Crippen LogP contribution >= 0.6 is 11.8 Å². The molecule has 0 aliphatic carbocycles. The molecule has 0 bridgehead atoms. The molecular formula is C9H10N6OS. The van der Waals surface area contributed by atoms with Crippen LogP contribution in [0.5, 0.6) is 0 Å². The van der Waals surface area contributed by atoms with E-state index < -0.39 is 0 Å². The van der Waals surface area contributed by atoms with Gasteiger partial charge in [0.2, 0.25) is 0 Å². The summed E-state index contributed by atoms with van der Waals surface area (Å²) in [6.07, 6.45) is 1.60. The first kappa shape index (κ1) is 11.4. The van der Waals surface area contributed by atoms with E-state index >= 15 is 0 Å². The third-order valence-electron chi connectivity index (χ3n) is 1.83. The average Bonchev–Trinajstić information content (AvgIpc) is 2.28. The van der Waals surface area contributed by atoms with Crippen molar-refractivity contribution < 1.29 is 0 Å². The Morgan fingerprint density at radius 3 is 2.94 bits per heavy atom. The molecular weight excluding hydrogens is 240 g/mol. The Bertz CT molecular complexity index is 584. The molecule has 0 aliphatic heterocycles. The lowest BCUT2D eigenvalue weighted by Crippen LogP contribution is -2.09. The topological polar surface area (TPSA) is 123 Å². The zero-order valence-electron chi connectivity index (χ0n) is 8.68. The van der Waals surface area contributed by atoms with Gasteiger partial charge < -0.3 is 16.1 Å². The largest absolute Gasteiger partial charge is 0.383 e. The van der Waals surface area contributed by atoms with Crippen molar-refractivity contribution in [3.8, 4) is 0 Å². The molecule has 0 radical (unpaired) electrons. The molecule has 0 unspecified atom stereocenters. The van der Waals surface area contributed by atoms with Gasteiger partial charge in [-0.3, -0.25) is 4.79 Å². The van der Waals surface area contributed by atoms with Crippen molar-refractivity contribution >= 4 is 23.4 Å². The van der Waals surface area contributed by atoms with Crippen LogP contribution in [-0.2, 0) is 0 Å². The lowest BCUT2D eigenvalue weighted by molar-refractivity contribution is 0.945. The van der Waals surface area contributed by atoms with Gasteiger partial charge in [0.15, 0.2) is 5.16 Å². The van der Waals surface area contributed by atoms with Gasteiger partial charge in [-0.15, -0.1) is 0 Å². The Morgan fingerprint density at radius 1 is 1.41 bits per heavy atom. The zero-order chi connectivity index (χ0) is 12.3. The number of aromatic amines is 1. The van der Waals surface area contributed by atoms with E-state index in [4.69, 9.17) is 11.6 Å². The molecule has 88 valence electrons. The van der Waals surface area contributed by atoms with Crippen LogP contribution in [0, 0.1) is 0 Å². The predicted molar refractivity (Wildman–Crippen MR) is 65.4 cm³/mol. The normalized spacial score (nSPS) is 10.2. The standard InChI is InChI=1S/C9H10N6OS/c10-6-4-8(16)14-9(13-6)17-5-1-2-12-7(3-5)15-11/h1-4H,11H2,(H,12,15)(H3,10,13,14,16). The molecule has 2 aromatic heterocycles. The van der Waals surface area contributed by atoms with Gasteiger partial charge in [0, 0.05) is 17.2 Å². The Labute approximate surface area is 101 Å². The van der Waals surface area contributed by atoms with Crippen molar-refractivity contribution in [2.45, 2.75) is 10.1 Å². The van der Waals surface area contributed by atoms with Crippen LogP contribution in [0.15, 0.2) is 39.2 Å². The van der Waals surface area contributed by atoms with Crippen molar-refractivity contribution in [1.82, 2.24) is 15.0 Å². The summed E-state index contributed by atoms with van der Waals surface area (Å²) in [5.41, 5.74) is 7.63. The highest BCUT2D eigenvalue weighted by Crippen LogP contribution is 2.25.